The second-order valence-corrected chi connectivity index (χ2v) is 10.7. The minimum absolute atomic E-state index is 0.0496. The Morgan fingerprint density at radius 3 is 2.58 bits per heavy atom. The SMILES string of the molecule is CC(C)N(Cc1nc(C(=O)NC2CCN(Cc3ccccc3)CC2)cs1)C(=O)Nc1cccc(Cl)c1. The van der Waals surface area contributed by atoms with Gasteiger partial charge in [0.25, 0.3) is 5.91 Å². The van der Waals surface area contributed by atoms with Gasteiger partial charge in [0.2, 0.25) is 0 Å². The molecule has 3 aromatic rings. The van der Waals surface area contributed by atoms with Gasteiger partial charge < -0.3 is 15.5 Å². The van der Waals surface area contributed by atoms with Crippen molar-refractivity contribution in [3.05, 3.63) is 81.3 Å². The Morgan fingerprint density at radius 1 is 1.14 bits per heavy atom. The number of piperidine rings is 1. The average Bonchev–Trinajstić information content (AvgIpc) is 3.33. The van der Waals surface area contributed by atoms with E-state index in [1.54, 1.807) is 34.5 Å². The van der Waals surface area contributed by atoms with Gasteiger partial charge in [-0.15, -0.1) is 11.3 Å². The molecule has 0 spiro atoms. The molecule has 0 unspecified atom stereocenters. The molecule has 1 aliphatic heterocycles. The van der Waals surface area contributed by atoms with Crippen LogP contribution in [0.4, 0.5) is 10.5 Å². The first-order valence-corrected chi connectivity index (χ1v) is 13.5. The summed E-state index contributed by atoms with van der Waals surface area (Å²) in [5, 5.41) is 9.06. The zero-order chi connectivity index (χ0) is 25.5. The van der Waals surface area contributed by atoms with Gasteiger partial charge in [-0.25, -0.2) is 9.78 Å². The Labute approximate surface area is 221 Å². The highest BCUT2D eigenvalue weighted by Gasteiger charge is 2.24. The summed E-state index contributed by atoms with van der Waals surface area (Å²) in [5.41, 5.74) is 2.35. The number of carbonyl (C=O) groups excluding carboxylic acids is 2. The summed E-state index contributed by atoms with van der Waals surface area (Å²) >= 11 is 7.42. The van der Waals surface area contributed by atoms with E-state index in [1.165, 1.54) is 16.9 Å². The molecular weight excluding hydrogens is 494 g/mol. The summed E-state index contributed by atoms with van der Waals surface area (Å²) in [7, 11) is 0. The maximum absolute atomic E-state index is 12.9. The molecule has 0 atom stereocenters. The van der Waals surface area contributed by atoms with Crippen LogP contribution in [0.1, 0.15) is 47.7 Å². The number of anilines is 1. The third-order valence-electron chi connectivity index (χ3n) is 6.22. The largest absolute Gasteiger partial charge is 0.348 e. The lowest BCUT2D eigenvalue weighted by molar-refractivity contribution is 0.0904. The number of hydrogen-bond acceptors (Lipinski definition) is 5. The fourth-order valence-electron chi connectivity index (χ4n) is 4.22. The Morgan fingerprint density at radius 2 is 1.89 bits per heavy atom. The van der Waals surface area contributed by atoms with E-state index in [2.05, 4.69) is 44.8 Å². The maximum atomic E-state index is 12.9. The van der Waals surface area contributed by atoms with Crippen molar-refractivity contribution in [1.82, 2.24) is 20.1 Å². The number of carbonyl (C=O) groups is 2. The van der Waals surface area contributed by atoms with Gasteiger partial charge in [0.05, 0.1) is 6.54 Å². The second-order valence-electron chi connectivity index (χ2n) is 9.30. The molecule has 2 heterocycles. The van der Waals surface area contributed by atoms with E-state index in [4.69, 9.17) is 11.6 Å². The van der Waals surface area contributed by atoms with E-state index in [0.717, 1.165) is 32.5 Å². The van der Waals surface area contributed by atoms with E-state index in [1.807, 2.05) is 19.9 Å². The van der Waals surface area contributed by atoms with Gasteiger partial charge in [0.15, 0.2) is 0 Å². The Hall–Kier alpha value is -2.94. The first-order valence-electron chi connectivity index (χ1n) is 12.2. The summed E-state index contributed by atoms with van der Waals surface area (Å²) in [6.07, 6.45) is 1.83. The van der Waals surface area contributed by atoms with Crippen molar-refractivity contribution >= 4 is 40.6 Å². The smallest absolute Gasteiger partial charge is 0.322 e. The number of urea groups is 1. The molecule has 2 N–H and O–H groups in total. The van der Waals surface area contributed by atoms with Gasteiger partial charge in [0, 0.05) is 47.8 Å². The van der Waals surface area contributed by atoms with Gasteiger partial charge in [-0.2, -0.15) is 0 Å². The van der Waals surface area contributed by atoms with E-state index in [0.29, 0.717) is 28.0 Å². The number of thiazole rings is 1. The number of halogens is 1. The van der Waals surface area contributed by atoms with Crippen LogP contribution in [-0.4, -0.2) is 51.9 Å². The van der Waals surface area contributed by atoms with Gasteiger partial charge >= 0.3 is 6.03 Å². The predicted octanol–water partition coefficient (Wildman–Crippen LogP) is 5.63. The minimum Gasteiger partial charge on any atom is -0.348 e. The van der Waals surface area contributed by atoms with Crippen LogP contribution < -0.4 is 10.6 Å². The molecule has 36 heavy (non-hydrogen) atoms. The standard InChI is InChI=1S/C27H32ClN5O2S/c1-19(2)33(27(35)30-23-10-6-9-21(28)15-23)17-25-31-24(18-36-25)26(34)29-22-11-13-32(14-12-22)16-20-7-4-3-5-8-20/h3-10,15,18-19,22H,11-14,16-17H2,1-2H3,(H,29,34)(H,30,35). The molecule has 4 rings (SSSR count). The summed E-state index contributed by atoms with van der Waals surface area (Å²) in [4.78, 5) is 34.4. The van der Waals surface area contributed by atoms with Crippen molar-refractivity contribution in [3.63, 3.8) is 0 Å². The number of nitrogens with zero attached hydrogens (tertiary/aromatic N) is 3. The third kappa shape index (κ3) is 7.29. The first-order chi connectivity index (χ1) is 17.4. The number of amides is 3. The predicted molar refractivity (Wildman–Crippen MR) is 145 cm³/mol. The van der Waals surface area contributed by atoms with Gasteiger partial charge in [-0.05, 0) is 50.5 Å². The van der Waals surface area contributed by atoms with E-state index >= 15 is 0 Å². The number of nitrogens with one attached hydrogen (secondary N) is 2. The zero-order valence-electron chi connectivity index (χ0n) is 20.6. The van der Waals surface area contributed by atoms with Crippen molar-refractivity contribution in [2.75, 3.05) is 18.4 Å². The number of benzene rings is 2. The van der Waals surface area contributed by atoms with Gasteiger partial charge in [-0.3, -0.25) is 9.69 Å². The quantitative estimate of drug-likeness (QED) is 0.399. The lowest BCUT2D eigenvalue weighted by atomic mass is 10.0. The van der Waals surface area contributed by atoms with Gasteiger partial charge in [-0.1, -0.05) is 48.0 Å². The summed E-state index contributed by atoms with van der Waals surface area (Å²) < 4.78 is 0. The molecule has 1 aliphatic rings. The molecule has 0 saturated carbocycles. The zero-order valence-corrected chi connectivity index (χ0v) is 22.2. The highest BCUT2D eigenvalue weighted by molar-refractivity contribution is 7.09. The summed E-state index contributed by atoms with van der Waals surface area (Å²) in [6, 6.07) is 17.4. The molecule has 2 aromatic carbocycles. The molecule has 0 bridgehead atoms. The topological polar surface area (TPSA) is 77.6 Å². The highest BCUT2D eigenvalue weighted by atomic mass is 35.5. The number of aromatic nitrogens is 1. The molecule has 9 heteroatoms. The molecular formula is C27H32ClN5O2S. The maximum Gasteiger partial charge on any atom is 0.322 e. The first kappa shape index (κ1) is 26.1. The summed E-state index contributed by atoms with van der Waals surface area (Å²) in [5.74, 6) is -0.154. The molecule has 3 amide bonds. The lowest BCUT2D eigenvalue weighted by Gasteiger charge is -2.32. The molecule has 0 radical (unpaired) electrons. The summed E-state index contributed by atoms with van der Waals surface area (Å²) in [6.45, 7) is 7.06. The van der Waals surface area contributed by atoms with Crippen LogP contribution in [-0.2, 0) is 13.1 Å². The van der Waals surface area contributed by atoms with Crippen LogP contribution in [0.15, 0.2) is 60.0 Å². The van der Waals surface area contributed by atoms with E-state index in [9.17, 15) is 9.59 Å². The van der Waals surface area contributed by atoms with E-state index < -0.39 is 0 Å². The monoisotopic (exact) mass is 525 g/mol. The van der Waals surface area contributed by atoms with Crippen LogP contribution in [0.3, 0.4) is 0 Å². The normalized spacial score (nSPS) is 14.6. The Balaban J connectivity index is 1.28. The van der Waals surface area contributed by atoms with Crippen LogP contribution in [0.5, 0.6) is 0 Å². The van der Waals surface area contributed by atoms with Crippen molar-refractivity contribution in [2.45, 2.75) is 51.9 Å². The highest BCUT2D eigenvalue weighted by Crippen LogP contribution is 2.19. The van der Waals surface area contributed by atoms with Crippen LogP contribution in [0, 0.1) is 0 Å². The van der Waals surface area contributed by atoms with Crippen molar-refractivity contribution < 1.29 is 9.59 Å². The van der Waals surface area contributed by atoms with Crippen molar-refractivity contribution in [2.24, 2.45) is 0 Å². The molecule has 1 fully saturated rings. The Bertz CT molecular complexity index is 1160. The third-order valence-corrected chi connectivity index (χ3v) is 7.29. The number of hydrogen-bond donors (Lipinski definition) is 2. The lowest BCUT2D eigenvalue weighted by Crippen LogP contribution is -2.44. The average molecular weight is 526 g/mol. The van der Waals surface area contributed by atoms with Crippen LogP contribution in [0.2, 0.25) is 5.02 Å². The Kier molecular flexibility index (Phi) is 8.96. The van der Waals surface area contributed by atoms with Crippen LogP contribution >= 0.6 is 22.9 Å². The number of likely N-dealkylation sites (tertiary alicyclic amines) is 1. The minimum atomic E-state index is -0.240. The molecule has 190 valence electrons. The fourth-order valence-corrected chi connectivity index (χ4v) is 5.18. The molecule has 0 aliphatic carbocycles. The fraction of sp³-hybridized carbons (Fsp3) is 0.370. The van der Waals surface area contributed by atoms with Gasteiger partial charge in [0.1, 0.15) is 10.7 Å². The molecule has 1 saturated heterocycles. The van der Waals surface area contributed by atoms with Crippen molar-refractivity contribution in [3.8, 4) is 0 Å². The van der Waals surface area contributed by atoms with E-state index in [-0.39, 0.29) is 24.0 Å². The second kappa shape index (κ2) is 12.3. The van der Waals surface area contributed by atoms with Crippen molar-refractivity contribution in [1.29, 1.82) is 0 Å². The van der Waals surface area contributed by atoms with Crippen LogP contribution in [0.25, 0.3) is 0 Å². The number of rotatable bonds is 8. The molecule has 7 nitrogen and oxygen atoms in total. The molecule has 1 aromatic heterocycles.